The molecule has 0 aliphatic carbocycles. The largest absolute Gasteiger partial charge is 0.493 e. The smallest absolute Gasteiger partial charge is 0.416 e. The first-order chi connectivity index (χ1) is 17.6. The Morgan fingerprint density at radius 3 is 2.76 bits per heavy atom. The number of benzene rings is 2. The maximum Gasteiger partial charge on any atom is 0.416 e. The van der Waals surface area contributed by atoms with Crippen LogP contribution in [0.3, 0.4) is 0 Å². The van der Waals surface area contributed by atoms with Crippen molar-refractivity contribution < 1.29 is 32.3 Å². The molecule has 0 radical (unpaired) electrons. The SMILES string of the molecule is COc1cc2c(cc1O[C@H]1CCOC1)c(=N[C@H](C)c1cc([N+](=O)[O-])cc(C(F)(F)F)c1)nc1n2CCN1. The van der Waals surface area contributed by atoms with Gasteiger partial charge in [-0.05, 0) is 24.6 Å². The summed E-state index contributed by atoms with van der Waals surface area (Å²) in [5.41, 5.74) is -0.705. The third-order valence-corrected chi connectivity index (χ3v) is 6.36. The molecule has 5 rings (SSSR count). The molecule has 3 aromatic rings. The fourth-order valence-corrected chi connectivity index (χ4v) is 4.47. The van der Waals surface area contributed by atoms with Gasteiger partial charge in [0.05, 0.1) is 42.4 Å². The summed E-state index contributed by atoms with van der Waals surface area (Å²) >= 11 is 0. The first kappa shape index (κ1) is 24.8. The number of nitrogens with zero attached hydrogens (tertiary/aromatic N) is 4. The van der Waals surface area contributed by atoms with Crippen LogP contribution in [0.25, 0.3) is 10.9 Å². The van der Waals surface area contributed by atoms with Gasteiger partial charge >= 0.3 is 6.18 Å². The van der Waals surface area contributed by atoms with Gasteiger partial charge in [0, 0.05) is 43.1 Å². The van der Waals surface area contributed by atoms with E-state index in [0.29, 0.717) is 55.2 Å². The number of nitro benzene ring substituents is 1. The molecular formula is C24H24F3N5O5. The summed E-state index contributed by atoms with van der Waals surface area (Å²) in [6.07, 6.45) is -4.16. The molecule has 1 aromatic heterocycles. The molecule has 13 heteroatoms. The summed E-state index contributed by atoms with van der Waals surface area (Å²) in [7, 11) is 1.54. The van der Waals surface area contributed by atoms with Crippen molar-refractivity contribution >= 4 is 22.5 Å². The first-order valence-electron chi connectivity index (χ1n) is 11.7. The van der Waals surface area contributed by atoms with E-state index in [-0.39, 0.29) is 17.2 Å². The molecule has 2 aromatic carbocycles. The second-order valence-corrected chi connectivity index (χ2v) is 8.83. The molecule has 0 saturated carbocycles. The van der Waals surface area contributed by atoms with Crippen LogP contribution in [0.1, 0.15) is 30.5 Å². The van der Waals surface area contributed by atoms with Gasteiger partial charge in [0.15, 0.2) is 17.0 Å². The number of hydrogen-bond acceptors (Lipinski definition) is 8. The molecule has 0 unspecified atom stereocenters. The number of anilines is 1. The zero-order valence-electron chi connectivity index (χ0n) is 20.0. The van der Waals surface area contributed by atoms with Crippen molar-refractivity contribution in [2.75, 3.05) is 32.2 Å². The summed E-state index contributed by atoms with van der Waals surface area (Å²) in [4.78, 5) is 19.7. The van der Waals surface area contributed by atoms with Gasteiger partial charge in [0.1, 0.15) is 6.10 Å². The van der Waals surface area contributed by atoms with Gasteiger partial charge < -0.3 is 24.1 Å². The number of nitrogens with one attached hydrogen (secondary N) is 1. The number of alkyl halides is 3. The lowest BCUT2D eigenvalue weighted by Crippen LogP contribution is -2.19. The summed E-state index contributed by atoms with van der Waals surface area (Å²) < 4.78 is 59.3. The third-order valence-electron chi connectivity index (χ3n) is 6.36. The molecule has 2 atom stereocenters. The molecule has 0 amide bonds. The topological polar surface area (TPSA) is 113 Å². The van der Waals surface area contributed by atoms with E-state index in [0.717, 1.165) is 24.1 Å². The van der Waals surface area contributed by atoms with Crippen molar-refractivity contribution in [3.8, 4) is 11.5 Å². The highest BCUT2D eigenvalue weighted by Gasteiger charge is 2.33. The predicted molar refractivity (Wildman–Crippen MR) is 127 cm³/mol. The van der Waals surface area contributed by atoms with Gasteiger partial charge in [0.25, 0.3) is 5.69 Å². The minimum Gasteiger partial charge on any atom is -0.493 e. The number of hydrogen-bond donors (Lipinski definition) is 1. The number of nitro groups is 1. The maximum atomic E-state index is 13.4. The summed E-state index contributed by atoms with van der Waals surface area (Å²) in [6, 6.07) is 5.20. The number of ether oxygens (including phenoxy) is 3. The fourth-order valence-electron chi connectivity index (χ4n) is 4.47. The molecular weight excluding hydrogens is 495 g/mol. The predicted octanol–water partition coefficient (Wildman–Crippen LogP) is 4.23. The highest BCUT2D eigenvalue weighted by Crippen LogP contribution is 2.36. The van der Waals surface area contributed by atoms with Crippen LogP contribution in [0.2, 0.25) is 0 Å². The van der Waals surface area contributed by atoms with E-state index in [9.17, 15) is 23.3 Å². The minimum absolute atomic E-state index is 0.0469. The number of aromatic nitrogens is 2. The normalized spacial score (nSPS) is 18.5. The summed E-state index contributed by atoms with van der Waals surface area (Å²) in [5, 5.41) is 15.1. The van der Waals surface area contributed by atoms with Crippen LogP contribution in [0.15, 0.2) is 35.3 Å². The van der Waals surface area contributed by atoms with E-state index in [1.807, 2.05) is 10.6 Å². The zero-order valence-corrected chi connectivity index (χ0v) is 20.0. The number of fused-ring (bicyclic) bond motifs is 3. The Kier molecular flexibility index (Phi) is 6.40. The minimum atomic E-state index is -4.74. The molecule has 2 aliphatic rings. The molecule has 1 saturated heterocycles. The van der Waals surface area contributed by atoms with Crippen molar-refractivity contribution in [3.05, 3.63) is 57.1 Å². The highest BCUT2D eigenvalue weighted by atomic mass is 19.4. The molecule has 37 heavy (non-hydrogen) atoms. The Morgan fingerprint density at radius 2 is 2.08 bits per heavy atom. The molecule has 1 fully saturated rings. The standard InChI is InChI=1S/C24H24F3N5O5/c1-13(14-7-15(24(25,26)27)9-16(8-14)32(33)34)29-22-18-10-21(37-17-3-6-36-12-17)20(35-2)11-19(18)31-5-4-28-23(31)30-22/h7-11,13,17H,3-6,12H2,1-2H3,(H,28,29,30)/t13-,17+/m1/s1. The lowest BCUT2D eigenvalue weighted by Gasteiger charge is -2.17. The first-order valence-corrected chi connectivity index (χ1v) is 11.7. The van der Waals surface area contributed by atoms with E-state index in [1.165, 1.54) is 7.11 Å². The Labute approximate surface area is 208 Å². The fraction of sp³-hybridized carbons (Fsp3) is 0.417. The van der Waals surface area contributed by atoms with Gasteiger partial charge in [-0.25, -0.2) is 0 Å². The zero-order chi connectivity index (χ0) is 26.3. The number of rotatable bonds is 6. The van der Waals surface area contributed by atoms with Crippen LogP contribution in [-0.4, -0.2) is 47.4 Å². The monoisotopic (exact) mass is 519 g/mol. The van der Waals surface area contributed by atoms with Gasteiger partial charge in [-0.2, -0.15) is 18.2 Å². The third kappa shape index (κ3) is 4.90. The number of methoxy groups -OCH3 is 1. The Bertz CT molecular complexity index is 1430. The molecule has 3 heterocycles. The Balaban J connectivity index is 1.66. The lowest BCUT2D eigenvalue weighted by atomic mass is 10.0. The van der Waals surface area contributed by atoms with Crippen LogP contribution < -0.4 is 20.3 Å². The van der Waals surface area contributed by atoms with Crippen molar-refractivity contribution in [1.82, 2.24) is 9.55 Å². The average molecular weight is 519 g/mol. The van der Waals surface area contributed by atoms with Gasteiger partial charge in [-0.1, -0.05) is 0 Å². The van der Waals surface area contributed by atoms with Gasteiger partial charge in [0.2, 0.25) is 5.95 Å². The second-order valence-electron chi connectivity index (χ2n) is 8.83. The van der Waals surface area contributed by atoms with Crippen molar-refractivity contribution in [2.24, 2.45) is 4.99 Å². The van der Waals surface area contributed by atoms with E-state index >= 15 is 0 Å². The number of non-ortho nitro benzene ring substituents is 1. The summed E-state index contributed by atoms with van der Waals surface area (Å²) in [6.45, 7) is 3.90. The average Bonchev–Trinajstić information content (AvgIpc) is 3.55. The highest BCUT2D eigenvalue weighted by molar-refractivity contribution is 5.83. The van der Waals surface area contributed by atoms with Gasteiger partial charge in [-0.3, -0.25) is 15.1 Å². The summed E-state index contributed by atoms with van der Waals surface area (Å²) in [5.74, 6) is 1.53. The number of halogens is 3. The van der Waals surface area contributed by atoms with Crippen LogP contribution in [-0.2, 0) is 17.5 Å². The van der Waals surface area contributed by atoms with E-state index < -0.39 is 28.4 Å². The lowest BCUT2D eigenvalue weighted by molar-refractivity contribution is -0.385. The maximum absolute atomic E-state index is 13.4. The molecule has 0 bridgehead atoms. The molecule has 196 valence electrons. The second kappa shape index (κ2) is 9.54. The van der Waals surface area contributed by atoms with E-state index in [4.69, 9.17) is 14.2 Å². The van der Waals surface area contributed by atoms with Crippen molar-refractivity contribution in [3.63, 3.8) is 0 Å². The van der Waals surface area contributed by atoms with Crippen LogP contribution in [0.5, 0.6) is 11.5 Å². The van der Waals surface area contributed by atoms with E-state index in [2.05, 4.69) is 15.3 Å². The van der Waals surface area contributed by atoms with E-state index in [1.54, 1.807) is 13.0 Å². The molecule has 10 nitrogen and oxygen atoms in total. The molecule has 1 N–H and O–H groups in total. The van der Waals surface area contributed by atoms with Crippen LogP contribution in [0, 0.1) is 10.1 Å². The van der Waals surface area contributed by atoms with Crippen LogP contribution in [0.4, 0.5) is 24.8 Å². The van der Waals surface area contributed by atoms with Crippen LogP contribution >= 0.6 is 0 Å². The van der Waals surface area contributed by atoms with Crippen molar-refractivity contribution in [2.45, 2.75) is 38.2 Å². The Morgan fingerprint density at radius 1 is 1.27 bits per heavy atom. The van der Waals surface area contributed by atoms with Gasteiger partial charge in [-0.15, -0.1) is 0 Å². The molecule has 2 aliphatic heterocycles. The Hall–Kier alpha value is -3.87. The molecule has 0 spiro atoms. The quantitative estimate of drug-likeness (QED) is 0.383. The van der Waals surface area contributed by atoms with Crippen molar-refractivity contribution in [1.29, 1.82) is 0 Å².